The van der Waals surface area contributed by atoms with Gasteiger partial charge in [0.05, 0.1) is 0 Å². The third-order valence-corrected chi connectivity index (χ3v) is 0.348. The highest BCUT2D eigenvalue weighted by molar-refractivity contribution is 5.11. The van der Waals surface area contributed by atoms with E-state index in [-0.39, 0.29) is 0 Å². The van der Waals surface area contributed by atoms with Crippen molar-refractivity contribution in [2.24, 2.45) is 0 Å². The molecule has 0 fully saturated rings. The van der Waals surface area contributed by atoms with Crippen LogP contribution in [0.25, 0.3) is 0 Å². The normalized spacial score (nSPS) is 5.29. The first-order valence-corrected chi connectivity index (χ1v) is 1.84. The van der Waals surface area contributed by atoms with Gasteiger partial charge in [-0.2, -0.15) is 0 Å². The highest BCUT2D eigenvalue weighted by Crippen LogP contribution is 1.81. The molecular weight excluding hydrogens is 88.1 g/mol. The molecule has 0 spiro atoms. The molecule has 0 aromatic heterocycles. The lowest BCUT2D eigenvalue weighted by Crippen LogP contribution is -1.50. The second-order valence-electron chi connectivity index (χ2n) is 1.05. The Kier molecular flexibility index (Phi) is 12.1. The molecule has 0 N–H and O–H groups in total. The first-order valence-electron chi connectivity index (χ1n) is 1.84. The Hall–Kier alpha value is -0.850. The summed E-state index contributed by atoms with van der Waals surface area (Å²) in [6, 6.07) is 0. The van der Waals surface area contributed by atoms with Gasteiger partial charge in [-0.3, -0.25) is 0 Å². The van der Waals surface area contributed by atoms with Crippen LogP contribution < -0.4 is 0 Å². The molecule has 0 aromatic rings. The van der Waals surface area contributed by atoms with Crippen molar-refractivity contribution in [3.63, 3.8) is 0 Å². The second kappa shape index (κ2) is 8.94. The zero-order valence-electron chi connectivity index (χ0n) is 4.61. The molecule has 0 atom stereocenters. The highest BCUT2D eigenvalue weighted by atomic mass is 16.1. The van der Waals surface area contributed by atoms with Gasteiger partial charge in [0, 0.05) is 0 Å². The number of carbonyl (C=O) groups is 1. The maximum Gasteiger partial charge on any atom is 0.106 e. The zero-order valence-corrected chi connectivity index (χ0v) is 4.61. The van der Waals surface area contributed by atoms with Crippen LogP contribution in [0.15, 0.2) is 24.8 Å². The van der Waals surface area contributed by atoms with Crippen molar-refractivity contribution in [1.29, 1.82) is 0 Å². The van der Waals surface area contributed by atoms with Gasteiger partial charge < -0.3 is 4.79 Å². The second-order valence-corrected chi connectivity index (χ2v) is 1.05. The van der Waals surface area contributed by atoms with Crippen LogP contribution in [0, 0.1) is 0 Å². The lowest BCUT2D eigenvalue weighted by atomic mass is 10.4. The fourth-order valence-electron chi connectivity index (χ4n) is 0. The number of hydrogen-bond acceptors (Lipinski definition) is 1. The SMILES string of the molecule is C=CC(=C)C.C=O. The molecule has 0 aliphatic carbocycles. The summed E-state index contributed by atoms with van der Waals surface area (Å²) in [5.74, 6) is 0. The van der Waals surface area contributed by atoms with Gasteiger partial charge in [0.25, 0.3) is 0 Å². The van der Waals surface area contributed by atoms with E-state index in [4.69, 9.17) is 4.79 Å². The highest BCUT2D eigenvalue weighted by Gasteiger charge is 1.59. The largest absolute Gasteiger partial charge is 0.307 e. The summed E-state index contributed by atoms with van der Waals surface area (Å²) in [5.41, 5.74) is 1.02. The van der Waals surface area contributed by atoms with Crippen molar-refractivity contribution in [3.05, 3.63) is 24.8 Å². The molecule has 0 saturated carbocycles. The van der Waals surface area contributed by atoms with Gasteiger partial charge in [0.1, 0.15) is 6.79 Å². The van der Waals surface area contributed by atoms with Gasteiger partial charge in [-0.1, -0.05) is 24.8 Å². The fourth-order valence-corrected chi connectivity index (χ4v) is 0. The predicted octanol–water partition coefficient (Wildman–Crippen LogP) is 1.56. The molecule has 0 aliphatic rings. The fraction of sp³-hybridized carbons (Fsp3) is 0.167. The number of carbonyl (C=O) groups excluding carboxylic acids is 1. The minimum Gasteiger partial charge on any atom is -0.307 e. The Bertz CT molecular complexity index is 64.6. The number of rotatable bonds is 1. The molecule has 1 nitrogen and oxygen atoms in total. The Labute approximate surface area is 44.4 Å². The van der Waals surface area contributed by atoms with E-state index in [2.05, 4.69) is 13.2 Å². The summed E-state index contributed by atoms with van der Waals surface area (Å²) < 4.78 is 0. The molecule has 40 valence electrons. The van der Waals surface area contributed by atoms with Gasteiger partial charge in [-0.25, -0.2) is 0 Å². The van der Waals surface area contributed by atoms with E-state index in [0.29, 0.717) is 0 Å². The van der Waals surface area contributed by atoms with Crippen LogP contribution in [0.4, 0.5) is 0 Å². The van der Waals surface area contributed by atoms with Crippen LogP contribution in [0.2, 0.25) is 0 Å². The topological polar surface area (TPSA) is 17.1 Å². The maximum absolute atomic E-state index is 8.00. The molecule has 0 aromatic carbocycles. The molecule has 0 bridgehead atoms. The summed E-state index contributed by atoms with van der Waals surface area (Å²) in [7, 11) is 0. The minimum atomic E-state index is 1.02. The van der Waals surface area contributed by atoms with Crippen molar-refractivity contribution in [2.75, 3.05) is 0 Å². The van der Waals surface area contributed by atoms with Crippen LogP contribution in [0.5, 0.6) is 0 Å². The zero-order chi connectivity index (χ0) is 6.28. The molecular formula is C6H10O. The molecule has 1 heteroatoms. The quantitative estimate of drug-likeness (QED) is 0.455. The monoisotopic (exact) mass is 98.1 g/mol. The van der Waals surface area contributed by atoms with Gasteiger partial charge in [0.15, 0.2) is 0 Å². The van der Waals surface area contributed by atoms with E-state index in [1.54, 1.807) is 6.08 Å². The van der Waals surface area contributed by atoms with Crippen LogP contribution in [0.3, 0.4) is 0 Å². The Morgan fingerprint density at radius 3 is 1.71 bits per heavy atom. The summed E-state index contributed by atoms with van der Waals surface area (Å²) in [6.07, 6.45) is 1.72. The number of allylic oxidation sites excluding steroid dienone is 2. The standard InChI is InChI=1S/C5H8.CH2O/c1-4-5(2)3;1-2/h4H,1-2H2,3H3;1H2. The molecule has 0 heterocycles. The summed E-state index contributed by atoms with van der Waals surface area (Å²) in [6.45, 7) is 10.9. The summed E-state index contributed by atoms with van der Waals surface area (Å²) in [4.78, 5) is 8.00. The van der Waals surface area contributed by atoms with E-state index in [1.807, 2.05) is 13.7 Å². The van der Waals surface area contributed by atoms with Crippen molar-refractivity contribution in [1.82, 2.24) is 0 Å². The van der Waals surface area contributed by atoms with E-state index in [0.717, 1.165) is 5.57 Å². The summed E-state index contributed by atoms with van der Waals surface area (Å²) >= 11 is 0. The third-order valence-electron chi connectivity index (χ3n) is 0.348. The Balaban J connectivity index is 0. The van der Waals surface area contributed by atoms with Crippen molar-refractivity contribution in [3.8, 4) is 0 Å². The molecule has 0 radical (unpaired) electrons. The third kappa shape index (κ3) is 38.6. The smallest absolute Gasteiger partial charge is 0.106 e. The van der Waals surface area contributed by atoms with E-state index < -0.39 is 0 Å². The Morgan fingerprint density at radius 1 is 1.57 bits per heavy atom. The lowest BCUT2D eigenvalue weighted by molar-refractivity contribution is -0.0979. The van der Waals surface area contributed by atoms with Crippen LogP contribution in [-0.2, 0) is 4.79 Å². The average Bonchev–Trinajstić information content (AvgIpc) is 1.73. The van der Waals surface area contributed by atoms with E-state index in [9.17, 15) is 0 Å². The summed E-state index contributed by atoms with van der Waals surface area (Å²) in [5, 5.41) is 0. The molecule has 0 aliphatic heterocycles. The predicted molar refractivity (Wildman–Crippen MR) is 32.1 cm³/mol. The number of hydrogen-bond donors (Lipinski definition) is 0. The van der Waals surface area contributed by atoms with E-state index >= 15 is 0 Å². The lowest BCUT2D eigenvalue weighted by Gasteiger charge is -1.71. The Morgan fingerprint density at radius 2 is 1.71 bits per heavy atom. The molecule has 0 amide bonds. The van der Waals surface area contributed by atoms with Crippen molar-refractivity contribution < 1.29 is 4.79 Å². The van der Waals surface area contributed by atoms with Crippen LogP contribution >= 0.6 is 0 Å². The molecule has 7 heavy (non-hydrogen) atoms. The van der Waals surface area contributed by atoms with Gasteiger partial charge >= 0.3 is 0 Å². The molecule has 0 saturated heterocycles. The minimum absolute atomic E-state index is 1.02. The van der Waals surface area contributed by atoms with Crippen molar-refractivity contribution in [2.45, 2.75) is 6.92 Å². The van der Waals surface area contributed by atoms with Crippen molar-refractivity contribution >= 4 is 6.79 Å². The molecule has 0 rings (SSSR count). The maximum atomic E-state index is 8.00. The van der Waals surface area contributed by atoms with Gasteiger partial charge in [0.2, 0.25) is 0 Å². The van der Waals surface area contributed by atoms with Crippen LogP contribution in [0.1, 0.15) is 6.92 Å². The van der Waals surface area contributed by atoms with E-state index in [1.165, 1.54) is 0 Å². The molecule has 0 unspecified atom stereocenters. The van der Waals surface area contributed by atoms with Gasteiger partial charge in [-0.05, 0) is 6.92 Å². The first kappa shape index (κ1) is 9.47. The van der Waals surface area contributed by atoms with Gasteiger partial charge in [-0.15, -0.1) is 0 Å². The van der Waals surface area contributed by atoms with Crippen LogP contribution in [-0.4, -0.2) is 6.79 Å². The average molecular weight is 98.1 g/mol. The first-order chi connectivity index (χ1) is 3.27.